The molecule has 0 aliphatic rings. The fourth-order valence-electron chi connectivity index (χ4n) is 3.21. The lowest BCUT2D eigenvalue weighted by Crippen LogP contribution is -2.31. The zero-order valence-corrected chi connectivity index (χ0v) is 18.4. The second kappa shape index (κ2) is 10.6. The molecule has 3 aromatic carbocycles. The first-order chi connectivity index (χ1) is 17.4. The molecule has 13 heteroatoms. The highest BCUT2D eigenvalue weighted by Crippen LogP contribution is 2.32. The van der Waals surface area contributed by atoms with Gasteiger partial charge in [0.15, 0.2) is 0 Å². The van der Waals surface area contributed by atoms with Crippen LogP contribution < -0.4 is 21.3 Å². The molecule has 1 heterocycles. The third-order valence-electron chi connectivity index (χ3n) is 4.86. The molecule has 36 heavy (non-hydrogen) atoms. The van der Waals surface area contributed by atoms with Crippen molar-refractivity contribution >= 4 is 40.3 Å². The van der Waals surface area contributed by atoms with Crippen LogP contribution in [0.1, 0.15) is 10.4 Å². The van der Waals surface area contributed by atoms with Gasteiger partial charge >= 0.3 is 5.69 Å². The minimum absolute atomic E-state index is 0.0221. The van der Waals surface area contributed by atoms with Crippen LogP contribution in [0.15, 0.2) is 91.3 Å². The molecule has 0 bridgehead atoms. The van der Waals surface area contributed by atoms with E-state index in [1.165, 1.54) is 18.2 Å². The second-order valence-electron chi connectivity index (χ2n) is 7.18. The first kappa shape index (κ1) is 23.6. The second-order valence-corrected chi connectivity index (χ2v) is 7.18. The summed E-state index contributed by atoms with van der Waals surface area (Å²) in [6.07, 6.45) is 1.09. The summed E-state index contributed by atoms with van der Waals surface area (Å²) in [6.45, 7) is 0. The molecular formula is C23H18N8O5. The van der Waals surface area contributed by atoms with Crippen LogP contribution in [0.2, 0.25) is 0 Å². The Hall–Kier alpha value is -5.59. The van der Waals surface area contributed by atoms with Gasteiger partial charge in [-0.05, 0) is 30.3 Å². The lowest BCUT2D eigenvalue weighted by Gasteiger charge is -2.26. The minimum atomic E-state index is -0.753. The highest BCUT2D eigenvalue weighted by atomic mass is 16.6. The fourth-order valence-corrected chi connectivity index (χ4v) is 3.21. The topological polar surface area (TPSA) is 168 Å². The number of nitrogens with one attached hydrogen (secondary N) is 3. The minimum Gasteiger partial charge on any atom is -0.276 e. The molecule has 0 atom stereocenters. The van der Waals surface area contributed by atoms with E-state index in [1.54, 1.807) is 5.01 Å². The summed E-state index contributed by atoms with van der Waals surface area (Å²) in [5, 5.41) is 24.5. The van der Waals surface area contributed by atoms with Crippen molar-refractivity contribution in [3.63, 3.8) is 0 Å². The molecule has 0 saturated carbocycles. The van der Waals surface area contributed by atoms with Crippen molar-refractivity contribution in [3.8, 4) is 0 Å². The summed E-state index contributed by atoms with van der Waals surface area (Å²) in [5.74, 6) is -1.19. The Labute approximate surface area is 203 Å². The largest absolute Gasteiger partial charge is 0.356 e. The number of nitrogens with zero attached hydrogens (tertiary/aromatic N) is 5. The zero-order valence-electron chi connectivity index (χ0n) is 18.4. The SMILES string of the molecule is O=C(NNc1ncnc(NN(c2ccccc2)c2ccccc2)c1[N+](=O)[O-])c1cccc([N+](=O)[O-])c1. The standard InChI is InChI=1S/C23H18N8O5/c32-23(16-8-7-13-19(14-16)30(33)34)27-26-21-20(31(35)36)22(25-15-24-21)28-29(17-9-3-1-4-10-17)18-11-5-2-6-12-18/h1-15H,(H,27,32)(H2,24,25,26,28). The molecule has 3 N–H and O–H groups in total. The number of nitro benzene ring substituents is 1. The maximum absolute atomic E-state index is 12.5. The summed E-state index contributed by atoms with van der Waals surface area (Å²) in [5.41, 5.74) is 8.18. The number of anilines is 4. The number of hydrogen-bond donors (Lipinski definition) is 3. The van der Waals surface area contributed by atoms with E-state index in [1.807, 2.05) is 60.7 Å². The van der Waals surface area contributed by atoms with Gasteiger partial charge < -0.3 is 0 Å². The van der Waals surface area contributed by atoms with E-state index in [9.17, 15) is 25.0 Å². The number of carbonyl (C=O) groups excluding carboxylic acids is 1. The number of carbonyl (C=O) groups is 1. The number of benzene rings is 3. The number of hydrazine groups is 2. The van der Waals surface area contributed by atoms with Gasteiger partial charge in [-0.15, -0.1) is 0 Å². The summed E-state index contributed by atoms with van der Waals surface area (Å²) < 4.78 is 0. The van der Waals surface area contributed by atoms with Crippen LogP contribution in [-0.4, -0.2) is 25.7 Å². The van der Waals surface area contributed by atoms with Crippen LogP contribution >= 0.6 is 0 Å². The molecule has 1 amide bonds. The van der Waals surface area contributed by atoms with Crippen molar-refractivity contribution in [2.75, 3.05) is 15.9 Å². The maximum atomic E-state index is 12.5. The van der Waals surface area contributed by atoms with Gasteiger partial charge in [0.05, 0.1) is 21.2 Å². The zero-order chi connectivity index (χ0) is 25.5. The van der Waals surface area contributed by atoms with Crippen LogP contribution in [0.4, 0.5) is 34.4 Å². The summed E-state index contributed by atoms with van der Waals surface area (Å²) in [6, 6.07) is 23.2. The molecule has 0 unspecified atom stereocenters. The smallest absolute Gasteiger partial charge is 0.276 e. The molecule has 0 fully saturated rings. The molecule has 0 radical (unpaired) electrons. The van der Waals surface area contributed by atoms with Crippen LogP contribution in [0.25, 0.3) is 0 Å². The number of aromatic nitrogens is 2. The predicted molar refractivity (Wildman–Crippen MR) is 132 cm³/mol. The molecule has 0 saturated heterocycles. The molecule has 0 spiro atoms. The monoisotopic (exact) mass is 486 g/mol. The van der Waals surface area contributed by atoms with Gasteiger partial charge in [0.25, 0.3) is 11.6 Å². The van der Waals surface area contributed by atoms with Gasteiger partial charge in [-0.3, -0.25) is 46.3 Å². The number of rotatable bonds is 9. The average Bonchev–Trinajstić information content (AvgIpc) is 2.91. The quantitative estimate of drug-likeness (QED) is 0.230. The number of nitro groups is 2. The van der Waals surface area contributed by atoms with Gasteiger partial charge in [-0.1, -0.05) is 42.5 Å². The number of para-hydroxylation sites is 2. The Kier molecular flexibility index (Phi) is 6.91. The number of amides is 1. The Morgan fingerprint density at radius 2 is 1.39 bits per heavy atom. The third-order valence-corrected chi connectivity index (χ3v) is 4.86. The average molecular weight is 486 g/mol. The van der Waals surface area contributed by atoms with Crippen molar-refractivity contribution in [3.05, 3.63) is 117 Å². The molecular weight excluding hydrogens is 468 g/mol. The van der Waals surface area contributed by atoms with Gasteiger partial charge in [0, 0.05) is 17.7 Å². The molecule has 4 rings (SSSR count). The summed E-state index contributed by atoms with van der Waals surface area (Å²) in [4.78, 5) is 42.0. The van der Waals surface area contributed by atoms with E-state index >= 15 is 0 Å². The lowest BCUT2D eigenvalue weighted by atomic mass is 10.2. The first-order valence-corrected chi connectivity index (χ1v) is 10.4. The Balaban J connectivity index is 1.62. The normalized spacial score (nSPS) is 10.2. The van der Waals surface area contributed by atoms with E-state index in [0.717, 1.165) is 12.4 Å². The molecule has 0 aliphatic heterocycles. The van der Waals surface area contributed by atoms with Crippen molar-refractivity contribution in [2.45, 2.75) is 0 Å². The molecule has 1 aromatic heterocycles. The molecule has 0 aliphatic carbocycles. The van der Waals surface area contributed by atoms with Gasteiger partial charge in [-0.25, -0.2) is 9.97 Å². The van der Waals surface area contributed by atoms with E-state index in [2.05, 4.69) is 26.2 Å². The van der Waals surface area contributed by atoms with Crippen LogP contribution in [0.5, 0.6) is 0 Å². The lowest BCUT2D eigenvalue weighted by molar-refractivity contribution is -0.384. The third kappa shape index (κ3) is 5.31. The van der Waals surface area contributed by atoms with Crippen LogP contribution in [0, 0.1) is 20.2 Å². The Morgan fingerprint density at radius 3 is 1.97 bits per heavy atom. The Bertz CT molecular complexity index is 1360. The van der Waals surface area contributed by atoms with Crippen molar-refractivity contribution in [1.82, 2.24) is 15.4 Å². The predicted octanol–water partition coefficient (Wildman–Crippen LogP) is 4.22. The van der Waals surface area contributed by atoms with Crippen molar-refractivity contribution in [1.29, 1.82) is 0 Å². The van der Waals surface area contributed by atoms with Gasteiger partial charge in [-0.2, -0.15) is 0 Å². The first-order valence-electron chi connectivity index (χ1n) is 10.4. The molecule has 13 nitrogen and oxygen atoms in total. The summed E-state index contributed by atoms with van der Waals surface area (Å²) >= 11 is 0. The fraction of sp³-hybridized carbons (Fsp3) is 0. The van der Waals surface area contributed by atoms with Gasteiger partial charge in [0.1, 0.15) is 6.33 Å². The Morgan fingerprint density at radius 1 is 0.778 bits per heavy atom. The number of non-ortho nitro benzene ring substituents is 1. The van der Waals surface area contributed by atoms with E-state index in [-0.39, 0.29) is 22.9 Å². The van der Waals surface area contributed by atoms with Crippen molar-refractivity contribution in [2.24, 2.45) is 0 Å². The van der Waals surface area contributed by atoms with Crippen molar-refractivity contribution < 1.29 is 14.6 Å². The van der Waals surface area contributed by atoms with Gasteiger partial charge in [0.2, 0.25) is 11.6 Å². The van der Waals surface area contributed by atoms with E-state index < -0.39 is 21.4 Å². The number of hydrogen-bond acceptors (Lipinski definition) is 10. The van der Waals surface area contributed by atoms with E-state index in [0.29, 0.717) is 11.4 Å². The van der Waals surface area contributed by atoms with Crippen LogP contribution in [0.3, 0.4) is 0 Å². The highest BCUT2D eigenvalue weighted by Gasteiger charge is 2.26. The molecule has 4 aromatic rings. The molecule has 180 valence electrons. The van der Waals surface area contributed by atoms with E-state index in [4.69, 9.17) is 0 Å². The highest BCUT2D eigenvalue weighted by molar-refractivity contribution is 5.95. The summed E-state index contributed by atoms with van der Waals surface area (Å²) in [7, 11) is 0. The maximum Gasteiger partial charge on any atom is 0.356 e. The van der Waals surface area contributed by atoms with Crippen LogP contribution in [-0.2, 0) is 0 Å².